The first kappa shape index (κ1) is 13.6. The molecule has 0 amide bonds. The third-order valence-corrected chi connectivity index (χ3v) is 2.99. The molecule has 0 N–H and O–H groups in total. The first-order valence-corrected chi connectivity index (χ1v) is 5.86. The lowest BCUT2D eigenvalue weighted by atomic mass is 9.94. The van der Waals surface area contributed by atoms with Crippen molar-refractivity contribution < 1.29 is 14.3 Å². The minimum atomic E-state index is 0.165. The third-order valence-electron chi connectivity index (χ3n) is 2.99. The molecule has 1 unspecified atom stereocenters. The van der Waals surface area contributed by atoms with Crippen LogP contribution >= 0.6 is 0 Å². The Balaban J connectivity index is 3.22. The van der Waals surface area contributed by atoms with E-state index in [4.69, 9.17) is 9.47 Å². The molecule has 17 heavy (non-hydrogen) atoms. The van der Waals surface area contributed by atoms with Gasteiger partial charge in [-0.2, -0.15) is 0 Å². The fourth-order valence-corrected chi connectivity index (χ4v) is 1.92. The van der Waals surface area contributed by atoms with Gasteiger partial charge in [-0.25, -0.2) is 0 Å². The predicted molar refractivity (Wildman–Crippen MR) is 68.0 cm³/mol. The lowest BCUT2D eigenvalue weighted by molar-refractivity contribution is -0.108. The molecule has 3 heteroatoms. The maximum absolute atomic E-state index is 10.6. The highest BCUT2D eigenvalue weighted by molar-refractivity contribution is 5.54. The Hall–Kier alpha value is -1.51. The predicted octanol–water partition coefficient (Wildman–Crippen LogP) is 2.96. The van der Waals surface area contributed by atoms with Gasteiger partial charge in [0.15, 0.2) is 0 Å². The number of hydrogen-bond donors (Lipinski definition) is 0. The average Bonchev–Trinajstić information content (AvgIpc) is 2.37. The van der Waals surface area contributed by atoms with Crippen molar-refractivity contribution in [2.24, 2.45) is 0 Å². The van der Waals surface area contributed by atoms with Crippen LogP contribution in [-0.2, 0) is 11.2 Å². The minimum Gasteiger partial charge on any atom is -0.496 e. The van der Waals surface area contributed by atoms with Crippen LogP contribution in [0.25, 0.3) is 0 Å². The van der Waals surface area contributed by atoms with Crippen LogP contribution in [0.1, 0.15) is 37.3 Å². The molecule has 1 atom stereocenters. The van der Waals surface area contributed by atoms with Crippen LogP contribution in [0.5, 0.6) is 11.5 Å². The van der Waals surface area contributed by atoms with E-state index in [1.807, 2.05) is 13.0 Å². The summed E-state index contributed by atoms with van der Waals surface area (Å²) in [5.74, 6) is 1.79. The van der Waals surface area contributed by atoms with Gasteiger partial charge in [0.05, 0.1) is 14.2 Å². The van der Waals surface area contributed by atoms with Crippen molar-refractivity contribution in [3.8, 4) is 11.5 Å². The van der Waals surface area contributed by atoms with E-state index in [-0.39, 0.29) is 5.92 Å². The molecule has 1 aromatic rings. The Morgan fingerprint density at radius 2 is 1.88 bits per heavy atom. The molecule has 0 aliphatic carbocycles. The van der Waals surface area contributed by atoms with Crippen molar-refractivity contribution in [1.29, 1.82) is 0 Å². The summed E-state index contributed by atoms with van der Waals surface area (Å²) in [6.07, 6.45) is 2.35. The lowest BCUT2D eigenvalue weighted by Gasteiger charge is -2.17. The number of hydrogen-bond acceptors (Lipinski definition) is 3. The van der Waals surface area contributed by atoms with Crippen LogP contribution in [0.4, 0.5) is 0 Å². The van der Waals surface area contributed by atoms with Crippen molar-refractivity contribution in [2.75, 3.05) is 14.2 Å². The van der Waals surface area contributed by atoms with Gasteiger partial charge in [-0.15, -0.1) is 0 Å². The highest BCUT2D eigenvalue weighted by Crippen LogP contribution is 2.34. The zero-order chi connectivity index (χ0) is 12.8. The Kier molecular flexibility index (Phi) is 5.01. The third kappa shape index (κ3) is 2.99. The summed E-state index contributed by atoms with van der Waals surface area (Å²) in [7, 11) is 3.29. The van der Waals surface area contributed by atoms with Crippen molar-refractivity contribution in [2.45, 2.75) is 32.6 Å². The van der Waals surface area contributed by atoms with Crippen LogP contribution < -0.4 is 9.47 Å². The van der Waals surface area contributed by atoms with Gasteiger partial charge in [0.2, 0.25) is 0 Å². The second-order valence-corrected chi connectivity index (χ2v) is 4.06. The van der Waals surface area contributed by atoms with E-state index >= 15 is 0 Å². The number of carbonyl (C=O) groups is 1. The van der Waals surface area contributed by atoms with Gasteiger partial charge in [0.25, 0.3) is 0 Å². The largest absolute Gasteiger partial charge is 0.496 e. The number of ether oxygens (including phenoxy) is 2. The highest BCUT2D eigenvalue weighted by Gasteiger charge is 2.15. The summed E-state index contributed by atoms with van der Waals surface area (Å²) >= 11 is 0. The van der Waals surface area contributed by atoms with Gasteiger partial charge in [0.1, 0.15) is 17.8 Å². The van der Waals surface area contributed by atoms with E-state index in [1.54, 1.807) is 14.2 Å². The minimum absolute atomic E-state index is 0.165. The summed E-state index contributed by atoms with van der Waals surface area (Å²) in [6.45, 7) is 4.11. The molecule has 0 aromatic heterocycles. The second-order valence-electron chi connectivity index (χ2n) is 4.06. The maximum Gasteiger partial charge on any atom is 0.126 e. The molecule has 0 saturated heterocycles. The van der Waals surface area contributed by atoms with E-state index in [9.17, 15) is 4.79 Å². The highest BCUT2D eigenvalue weighted by atomic mass is 16.5. The quantitative estimate of drug-likeness (QED) is 0.712. The molecule has 0 aliphatic rings. The van der Waals surface area contributed by atoms with Crippen LogP contribution in [0, 0.1) is 0 Å². The van der Waals surface area contributed by atoms with E-state index in [0.717, 1.165) is 35.3 Å². The number of aryl methyl sites for hydroxylation is 1. The Morgan fingerprint density at radius 3 is 2.35 bits per heavy atom. The SMILES string of the molecule is CCc1cc(C(C)CC=O)c(OC)cc1OC. The van der Waals surface area contributed by atoms with Gasteiger partial charge >= 0.3 is 0 Å². The number of benzene rings is 1. The van der Waals surface area contributed by atoms with Gasteiger partial charge in [-0.05, 0) is 29.5 Å². The molecule has 0 aliphatic heterocycles. The number of carbonyl (C=O) groups excluding carboxylic acids is 1. The van der Waals surface area contributed by atoms with Gasteiger partial charge in [-0.1, -0.05) is 13.8 Å². The molecule has 3 nitrogen and oxygen atoms in total. The molecule has 0 fully saturated rings. The zero-order valence-corrected chi connectivity index (χ0v) is 10.9. The Morgan fingerprint density at radius 1 is 1.24 bits per heavy atom. The van der Waals surface area contributed by atoms with E-state index in [1.165, 1.54) is 0 Å². The molecule has 1 aromatic carbocycles. The van der Waals surface area contributed by atoms with E-state index in [2.05, 4.69) is 13.0 Å². The average molecular weight is 236 g/mol. The smallest absolute Gasteiger partial charge is 0.126 e. The van der Waals surface area contributed by atoms with Gasteiger partial charge < -0.3 is 14.3 Å². The molecule has 0 heterocycles. The molecular formula is C14H20O3. The van der Waals surface area contributed by atoms with E-state index < -0.39 is 0 Å². The molecule has 94 valence electrons. The number of aldehydes is 1. The van der Waals surface area contributed by atoms with Crippen molar-refractivity contribution in [1.82, 2.24) is 0 Å². The second kappa shape index (κ2) is 6.28. The fraction of sp³-hybridized carbons (Fsp3) is 0.500. The summed E-state index contributed by atoms with van der Waals surface area (Å²) in [5, 5.41) is 0. The zero-order valence-electron chi connectivity index (χ0n) is 10.9. The van der Waals surface area contributed by atoms with Gasteiger partial charge in [-0.3, -0.25) is 0 Å². The summed E-state index contributed by atoms with van der Waals surface area (Å²) < 4.78 is 10.7. The van der Waals surface area contributed by atoms with Crippen molar-refractivity contribution in [3.05, 3.63) is 23.3 Å². The first-order valence-electron chi connectivity index (χ1n) is 5.86. The van der Waals surface area contributed by atoms with Gasteiger partial charge in [0, 0.05) is 12.5 Å². The van der Waals surface area contributed by atoms with E-state index in [0.29, 0.717) is 6.42 Å². The van der Waals surface area contributed by atoms with Crippen LogP contribution in [-0.4, -0.2) is 20.5 Å². The number of rotatable bonds is 6. The monoisotopic (exact) mass is 236 g/mol. The standard InChI is InChI=1S/C14H20O3/c1-5-11-8-12(10(2)6-7-15)14(17-4)9-13(11)16-3/h7-10H,5-6H2,1-4H3. The first-order chi connectivity index (χ1) is 8.17. The topological polar surface area (TPSA) is 35.5 Å². The fourth-order valence-electron chi connectivity index (χ4n) is 1.92. The molecule has 0 radical (unpaired) electrons. The lowest BCUT2D eigenvalue weighted by Crippen LogP contribution is -2.02. The van der Waals surface area contributed by atoms with Crippen molar-refractivity contribution >= 4 is 6.29 Å². The van der Waals surface area contributed by atoms with Crippen LogP contribution in [0.3, 0.4) is 0 Å². The summed E-state index contributed by atoms with van der Waals surface area (Å²) in [5.41, 5.74) is 2.21. The summed E-state index contributed by atoms with van der Waals surface area (Å²) in [6, 6.07) is 3.97. The number of methoxy groups -OCH3 is 2. The molecule has 0 spiro atoms. The van der Waals surface area contributed by atoms with Crippen LogP contribution in [0.15, 0.2) is 12.1 Å². The molecule has 0 saturated carbocycles. The molecule has 1 rings (SSSR count). The van der Waals surface area contributed by atoms with Crippen molar-refractivity contribution in [3.63, 3.8) is 0 Å². The maximum atomic E-state index is 10.6. The Bertz CT molecular complexity index is 385. The van der Waals surface area contributed by atoms with Crippen LogP contribution in [0.2, 0.25) is 0 Å². The normalized spacial score (nSPS) is 12.0. The summed E-state index contributed by atoms with van der Waals surface area (Å²) in [4.78, 5) is 10.6. The molecule has 0 bridgehead atoms. The Labute approximate surface area is 103 Å². The molecular weight excluding hydrogens is 216 g/mol.